The number of nitrogens with one attached hydrogen (secondary N) is 2. The molecule has 2 aromatic heterocycles. The van der Waals surface area contributed by atoms with Gasteiger partial charge in [-0.25, -0.2) is 9.97 Å². The van der Waals surface area contributed by atoms with Crippen LogP contribution in [-0.2, 0) is 10.7 Å². The van der Waals surface area contributed by atoms with Crippen LogP contribution in [-0.4, -0.2) is 59.8 Å². The number of hydrogen-bond acceptors (Lipinski definition) is 7. The zero-order valence-electron chi connectivity index (χ0n) is 11.0. The minimum absolute atomic E-state index is 0.0673. The summed E-state index contributed by atoms with van der Waals surface area (Å²) < 4.78 is 28.3. The Kier molecular flexibility index (Phi) is 2.57. The van der Waals surface area contributed by atoms with Crippen molar-refractivity contribution in [1.82, 2.24) is 19.5 Å². The Balaban J connectivity index is 2.21. The van der Waals surface area contributed by atoms with Gasteiger partial charge in [-0.15, -0.1) is 0 Å². The molecule has 1 saturated heterocycles. The second-order valence-electron chi connectivity index (χ2n) is 4.39. The minimum Gasteiger partial charge on any atom is -0.394 e. The molecule has 0 unspecified atom stereocenters. The van der Waals surface area contributed by atoms with Gasteiger partial charge in [0, 0.05) is 0 Å². The SMILES string of the molecule is [2H]n1cnc(=N)c2ncn([C@]3(F)O[C@H](CO)[C@@H](O)[C@H]3O)c21. The molecule has 1 fully saturated rings. The maximum absolute atomic E-state index is 15.0. The maximum Gasteiger partial charge on any atom is 0.325 e. The van der Waals surface area contributed by atoms with Crippen LogP contribution in [0.1, 0.15) is 0 Å². The van der Waals surface area contributed by atoms with Gasteiger partial charge in [-0.1, -0.05) is 0 Å². The summed E-state index contributed by atoms with van der Waals surface area (Å²) in [6.45, 7) is -0.692. The van der Waals surface area contributed by atoms with Crippen molar-refractivity contribution in [2.75, 3.05) is 6.61 Å². The average Bonchev–Trinajstić information content (AvgIpc) is 3.01. The second kappa shape index (κ2) is 4.31. The van der Waals surface area contributed by atoms with Crippen molar-refractivity contribution in [3.8, 4) is 0 Å². The molecule has 3 rings (SSSR count). The highest BCUT2D eigenvalue weighted by molar-refractivity contribution is 5.68. The van der Waals surface area contributed by atoms with E-state index in [1.54, 1.807) is 0 Å². The summed E-state index contributed by atoms with van der Waals surface area (Å²) in [5.41, 5.74) is -0.521. The number of halogens is 1. The first-order valence-corrected chi connectivity index (χ1v) is 5.73. The number of alkyl halides is 1. The van der Waals surface area contributed by atoms with E-state index < -0.39 is 30.9 Å². The molecule has 20 heavy (non-hydrogen) atoms. The maximum atomic E-state index is 15.0. The number of nitrogens with zero attached hydrogens (tertiary/aromatic N) is 3. The second-order valence-corrected chi connectivity index (χ2v) is 4.39. The van der Waals surface area contributed by atoms with Gasteiger partial charge in [-0.05, 0) is 0 Å². The molecular formula is C10H12FN5O4. The predicted octanol–water partition coefficient (Wildman–Crippen LogP) is -2.07. The van der Waals surface area contributed by atoms with Crippen LogP contribution >= 0.6 is 0 Å². The predicted molar refractivity (Wildman–Crippen MR) is 60.8 cm³/mol. The minimum atomic E-state index is -2.92. The zero-order valence-corrected chi connectivity index (χ0v) is 10.0. The first-order chi connectivity index (χ1) is 9.90. The summed E-state index contributed by atoms with van der Waals surface area (Å²) >= 11 is 0. The number of aromatic amines is 1. The summed E-state index contributed by atoms with van der Waals surface area (Å²) in [5.74, 6) is -2.92. The van der Waals surface area contributed by atoms with Crippen molar-refractivity contribution >= 4 is 11.2 Å². The van der Waals surface area contributed by atoms with Gasteiger partial charge in [-0.3, -0.25) is 9.98 Å². The van der Waals surface area contributed by atoms with Crippen LogP contribution in [0.15, 0.2) is 12.7 Å². The normalized spacial score (nSPS) is 34.6. The number of hydrogen-bond donors (Lipinski definition) is 5. The van der Waals surface area contributed by atoms with Gasteiger partial charge in [0.25, 0.3) is 0 Å². The number of imidazole rings is 1. The molecule has 1 aliphatic heterocycles. The summed E-state index contributed by atoms with van der Waals surface area (Å²) in [4.78, 5) is 8.02. The standard InChI is InChI=1S/C10H12FN5O4/c11-10(7(19)6(18)4(1-17)20-10)16-3-15-5-8(12)13-2-14-9(5)16/h2-4,6-7,17-19H,1H2,(H2,12,13,14)/t4-,6-,7-,10+/m1/s1/i/hD. The molecule has 108 valence electrons. The van der Waals surface area contributed by atoms with E-state index in [9.17, 15) is 10.2 Å². The molecule has 0 saturated carbocycles. The molecule has 9 nitrogen and oxygen atoms in total. The Labute approximate surface area is 112 Å². The van der Waals surface area contributed by atoms with Crippen LogP contribution in [0.2, 0.25) is 1.41 Å². The topological polar surface area (TPSA) is 140 Å². The van der Waals surface area contributed by atoms with Crippen LogP contribution < -0.4 is 5.49 Å². The highest BCUT2D eigenvalue weighted by atomic mass is 19.2. The molecule has 0 bridgehead atoms. The van der Waals surface area contributed by atoms with E-state index in [0.717, 1.165) is 12.7 Å². The van der Waals surface area contributed by atoms with Crippen molar-refractivity contribution in [1.29, 1.82) is 5.41 Å². The van der Waals surface area contributed by atoms with E-state index in [0.29, 0.717) is 9.54 Å². The van der Waals surface area contributed by atoms with E-state index in [-0.39, 0.29) is 16.7 Å². The lowest BCUT2D eigenvalue weighted by Crippen LogP contribution is -2.42. The number of aliphatic hydroxyl groups is 3. The van der Waals surface area contributed by atoms with E-state index >= 15 is 4.39 Å². The molecule has 4 atom stereocenters. The molecule has 0 spiro atoms. The van der Waals surface area contributed by atoms with E-state index in [1.807, 2.05) is 0 Å². The molecule has 0 aliphatic carbocycles. The lowest BCUT2D eigenvalue weighted by molar-refractivity contribution is -0.235. The molecule has 10 heteroatoms. The van der Waals surface area contributed by atoms with Gasteiger partial charge in [0.15, 0.2) is 13.0 Å². The largest absolute Gasteiger partial charge is 0.394 e. The molecule has 5 N–H and O–H groups in total. The van der Waals surface area contributed by atoms with Gasteiger partial charge < -0.3 is 25.0 Å². The number of aromatic nitrogens is 4. The molecule has 1 aliphatic rings. The molecule has 3 heterocycles. The molecular weight excluding hydrogens is 273 g/mol. The number of ether oxygens (including phenoxy) is 1. The van der Waals surface area contributed by atoms with Crippen LogP contribution in [0, 0.1) is 5.41 Å². The number of rotatable bonds is 2. The fraction of sp³-hybridized carbons (Fsp3) is 0.500. The van der Waals surface area contributed by atoms with Crippen molar-refractivity contribution in [3.63, 3.8) is 0 Å². The third-order valence-corrected chi connectivity index (χ3v) is 3.23. The van der Waals surface area contributed by atoms with Gasteiger partial charge in [0.05, 0.1) is 12.9 Å². The zero-order chi connectivity index (χ0) is 15.4. The highest BCUT2D eigenvalue weighted by Gasteiger charge is 2.57. The first kappa shape index (κ1) is 11.9. The van der Waals surface area contributed by atoms with Crippen molar-refractivity contribution in [2.24, 2.45) is 0 Å². The van der Waals surface area contributed by atoms with Crippen LogP contribution in [0.5, 0.6) is 0 Å². The third kappa shape index (κ3) is 1.59. The Hall–Kier alpha value is -1.88. The van der Waals surface area contributed by atoms with Gasteiger partial charge >= 0.3 is 5.98 Å². The Morgan fingerprint density at radius 1 is 1.60 bits per heavy atom. The van der Waals surface area contributed by atoms with Gasteiger partial charge in [0.1, 0.15) is 29.7 Å². The third-order valence-electron chi connectivity index (χ3n) is 3.23. The number of fused-ring (bicyclic) bond motifs is 1. The van der Waals surface area contributed by atoms with Crippen molar-refractivity contribution < 1.29 is 25.9 Å². The number of H-pyrrole nitrogens is 1. The molecule has 0 amide bonds. The van der Waals surface area contributed by atoms with E-state index in [2.05, 4.69) is 9.97 Å². The molecule has 0 radical (unpaired) electrons. The first-order valence-electron chi connectivity index (χ1n) is 6.17. The summed E-state index contributed by atoms with van der Waals surface area (Å²) in [6, 6.07) is 0. The Morgan fingerprint density at radius 3 is 3.00 bits per heavy atom. The van der Waals surface area contributed by atoms with Crippen LogP contribution in [0.3, 0.4) is 0 Å². The summed E-state index contributed by atoms with van der Waals surface area (Å²) in [7, 11) is 0. The Morgan fingerprint density at radius 2 is 2.35 bits per heavy atom. The average molecular weight is 286 g/mol. The summed E-state index contributed by atoms with van der Waals surface area (Å²) in [6.07, 6.45) is -3.05. The molecule has 0 aromatic carbocycles. The fourth-order valence-corrected chi connectivity index (χ4v) is 2.17. The van der Waals surface area contributed by atoms with E-state index in [1.165, 1.54) is 0 Å². The molecule has 2 aromatic rings. The fourth-order valence-electron chi connectivity index (χ4n) is 2.17. The van der Waals surface area contributed by atoms with Gasteiger partial charge in [-0.2, -0.15) is 4.39 Å². The quantitative estimate of drug-likeness (QED) is 0.429. The Bertz CT molecular complexity index is 751. The smallest absolute Gasteiger partial charge is 0.325 e. The van der Waals surface area contributed by atoms with Crippen molar-refractivity contribution in [3.05, 3.63) is 18.1 Å². The highest BCUT2D eigenvalue weighted by Crippen LogP contribution is 2.38. The lowest BCUT2D eigenvalue weighted by Gasteiger charge is -2.24. The monoisotopic (exact) mass is 286 g/mol. The van der Waals surface area contributed by atoms with Crippen molar-refractivity contribution in [2.45, 2.75) is 24.3 Å². The lowest BCUT2D eigenvalue weighted by atomic mass is 10.1. The van der Waals surface area contributed by atoms with Crippen LogP contribution in [0.25, 0.3) is 11.2 Å². The summed E-state index contributed by atoms with van der Waals surface area (Å²) in [5, 5.41) is 36.1. The van der Waals surface area contributed by atoms with Gasteiger partial charge in [0.2, 0.25) is 0 Å². The number of aliphatic hydroxyl groups excluding tert-OH is 3. The van der Waals surface area contributed by atoms with Crippen LogP contribution in [0.4, 0.5) is 4.39 Å². The van der Waals surface area contributed by atoms with E-state index in [4.69, 9.17) is 16.7 Å².